The third-order valence-electron chi connectivity index (χ3n) is 5.81. The zero-order valence-corrected chi connectivity index (χ0v) is 15.9. The van der Waals surface area contributed by atoms with E-state index < -0.39 is 11.9 Å². The molecule has 3 aliphatic rings. The SMILES string of the molecule is NC(=O)C1CC(C(=O)NC2CCN(C3CCOC3)CC2)=NN1c1ccccc1. The number of anilines is 1. The van der Waals surface area contributed by atoms with E-state index >= 15 is 0 Å². The number of hydrogen-bond acceptors (Lipinski definition) is 6. The summed E-state index contributed by atoms with van der Waals surface area (Å²) in [6.45, 7) is 3.59. The van der Waals surface area contributed by atoms with Crippen molar-refractivity contribution in [3.8, 4) is 0 Å². The van der Waals surface area contributed by atoms with Crippen molar-refractivity contribution in [2.45, 2.75) is 43.8 Å². The van der Waals surface area contributed by atoms with Crippen LogP contribution < -0.4 is 16.1 Å². The molecule has 3 N–H and O–H groups in total. The Bertz CT molecular complexity index is 739. The van der Waals surface area contributed by atoms with E-state index in [1.807, 2.05) is 30.3 Å². The number of carbonyl (C=O) groups is 2. The van der Waals surface area contributed by atoms with Gasteiger partial charge in [-0.2, -0.15) is 5.10 Å². The molecule has 0 saturated carbocycles. The number of ether oxygens (including phenoxy) is 1. The predicted molar refractivity (Wildman–Crippen MR) is 106 cm³/mol. The van der Waals surface area contributed by atoms with Gasteiger partial charge < -0.3 is 15.8 Å². The van der Waals surface area contributed by atoms with Crippen LogP contribution in [0.25, 0.3) is 0 Å². The Hall–Kier alpha value is -2.45. The van der Waals surface area contributed by atoms with Crippen LogP contribution in [-0.4, -0.2) is 66.9 Å². The van der Waals surface area contributed by atoms with E-state index in [0.29, 0.717) is 11.8 Å². The number of amides is 2. The molecule has 2 atom stereocenters. The molecule has 150 valence electrons. The molecule has 0 bridgehead atoms. The first-order chi connectivity index (χ1) is 13.6. The molecule has 0 spiro atoms. The zero-order chi connectivity index (χ0) is 19.5. The topological polar surface area (TPSA) is 100 Å². The molecule has 4 rings (SSSR count). The van der Waals surface area contributed by atoms with Crippen LogP contribution in [0.3, 0.4) is 0 Å². The van der Waals surface area contributed by atoms with Gasteiger partial charge in [0.15, 0.2) is 0 Å². The van der Waals surface area contributed by atoms with Crippen molar-refractivity contribution in [3.05, 3.63) is 30.3 Å². The summed E-state index contributed by atoms with van der Waals surface area (Å²) in [7, 11) is 0. The van der Waals surface area contributed by atoms with Crippen LogP contribution in [0.15, 0.2) is 35.4 Å². The smallest absolute Gasteiger partial charge is 0.267 e. The number of rotatable bonds is 5. The molecule has 1 aromatic rings. The standard InChI is InChI=1S/C20H27N5O3/c21-19(26)18-12-17(23-25(18)15-4-2-1-3-5-15)20(27)22-14-6-9-24(10-7-14)16-8-11-28-13-16/h1-5,14,16,18H,6-13H2,(H2,21,26)(H,22,27). The number of hydrazone groups is 1. The molecule has 3 heterocycles. The van der Waals surface area contributed by atoms with E-state index in [9.17, 15) is 9.59 Å². The summed E-state index contributed by atoms with van der Waals surface area (Å²) in [5, 5.41) is 9.07. The minimum atomic E-state index is -0.632. The monoisotopic (exact) mass is 385 g/mol. The Kier molecular flexibility index (Phi) is 5.59. The number of primary amides is 1. The molecular formula is C20H27N5O3. The number of likely N-dealkylation sites (tertiary alicyclic amines) is 1. The largest absolute Gasteiger partial charge is 0.380 e. The summed E-state index contributed by atoms with van der Waals surface area (Å²) in [6.07, 6.45) is 3.15. The number of para-hydroxylation sites is 1. The Morgan fingerprint density at radius 3 is 2.54 bits per heavy atom. The zero-order valence-electron chi connectivity index (χ0n) is 15.9. The molecule has 0 aliphatic carbocycles. The van der Waals surface area contributed by atoms with Crippen molar-refractivity contribution < 1.29 is 14.3 Å². The fraction of sp³-hybridized carbons (Fsp3) is 0.550. The number of hydrogen-bond donors (Lipinski definition) is 2. The predicted octanol–water partition coefficient (Wildman–Crippen LogP) is 0.476. The molecule has 8 nitrogen and oxygen atoms in total. The van der Waals surface area contributed by atoms with Crippen LogP contribution >= 0.6 is 0 Å². The normalized spacial score (nSPS) is 26.3. The molecule has 2 saturated heterocycles. The van der Waals surface area contributed by atoms with Gasteiger partial charge in [0.25, 0.3) is 5.91 Å². The fourth-order valence-electron chi connectivity index (χ4n) is 4.18. The number of nitrogens with two attached hydrogens (primary N) is 1. The average molecular weight is 385 g/mol. The number of nitrogens with one attached hydrogen (secondary N) is 1. The van der Waals surface area contributed by atoms with Crippen LogP contribution in [-0.2, 0) is 14.3 Å². The van der Waals surface area contributed by atoms with Gasteiger partial charge in [-0.25, -0.2) is 0 Å². The molecule has 2 fully saturated rings. The Labute approximate surface area is 164 Å². The van der Waals surface area contributed by atoms with Crippen LogP contribution in [0.5, 0.6) is 0 Å². The van der Waals surface area contributed by atoms with Crippen molar-refractivity contribution in [2.24, 2.45) is 10.8 Å². The second-order valence-electron chi connectivity index (χ2n) is 7.65. The minimum absolute atomic E-state index is 0.131. The number of benzene rings is 1. The molecule has 1 aromatic carbocycles. The minimum Gasteiger partial charge on any atom is -0.380 e. The van der Waals surface area contributed by atoms with Gasteiger partial charge in [-0.3, -0.25) is 19.5 Å². The first-order valence-corrected chi connectivity index (χ1v) is 9.95. The lowest BCUT2D eigenvalue weighted by molar-refractivity contribution is -0.119. The van der Waals surface area contributed by atoms with Gasteiger partial charge in [-0.15, -0.1) is 0 Å². The molecular weight excluding hydrogens is 358 g/mol. The Balaban J connectivity index is 1.36. The lowest BCUT2D eigenvalue weighted by atomic mass is 10.0. The molecule has 8 heteroatoms. The highest BCUT2D eigenvalue weighted by molar-refractivity contribution is 6.40. The van der Waals surface area contributed by atoms with Crippen molar-refractivity contribution in [3.63, 3.8) is 0 Å². The first-order valence-electron chi connectivity index (χ1n) is 9.95. The van der Waals surface area contributed by atoms with Crippen LogP contribution in [0.1, 0.15) is 25.7 Å². The summed E-state index contributed by atoms with van der Waals surface area (Å²) >= 11 is 0. The average Bonchev–Trinajstić information content (AvgIpc) is 3.39. The van der Waals surface area contributed by atoms with Crippen molar-refractivity contribution in [1.29, 1.82) is 0 Å². The van der Waals surface area contributed by atoms with Gasteiger partial charge >= 0.3 is 0 Å². The summed E-state index contributed by atoms with van der Waals surface area (Å²) in [6, 6.07) is 9.34. The highest BCUT2D eigenvalue weighted by Gasteiger charge is 2.36. The van der Waals surface area contributed by atoms with Crippen LogP contribution in [0, 0.1) is 0 Å². The van der Waals surface area contributed by atoms with Gasteiger partial charge in [-0.1, -0.05) is 18.2 Å². The van der Waals surface area contributed by atoms with Gasteiger partial charge in [0.1, 0.15) is 11.8 Å². The summed E-state index contributed by atoms with van der Waals surface area (Å²) in [5.41, 5.74) is 6.66. The fourth-order valence-corrected chi connectivity index (χ4v) is 4.18. The van der Waals surface area contributed by atoms with Gasteiger partial charge in [0.2, 0.25) is 5.91 Å². The maximum Gasteiger partial charge on any atom is 0.267 e. The van der Waals surface area contributed by atoms with E-state index in [2.05, 4.69) is 15.3 Å². The second kappa shape index (κ2) is 8.28. The third-order valence-corrected chi connectivity index (χ3v) is 5.81. The van der Waals surface area contributed by atoms with Gasteiger partial charge in [-0.05, 0) is 31.4 Å². The Morgan fingerprint density at radius 1 is 1.14 bits per heavy atom. The number of piperidine rings is 1. The van der Waals surface area contributed by atoms with Gasteiger partial charge in [0, 0.05) is 38.2 Å². The van der Waals surface area contributed by atoms with E-state index in [1.165, 1.54) is 0 Å². The molecule has 2 amide bonds. The second-order valence-corrected chi connectivity index (χ2v) is 7.65. The van der Waals surface area contributed by atoms with E-state index in [1.54, 1.807) is 5.01 Å². The maximum atomic E-state index is 12.7. The van der Waals surface area contributed by atoms with E-state index in [-0.39, 0.29) is 18.4 Å². The van der Waals surface area contributed by atoms with E-state index in [0.717, 1.165) is 51.3 Å². The molecule has 3 aliphatic heterocycles. The lowest BCUT2D eigenvalue weighted by Gasteiger charge is -2.35. The molecule has 2 unspecified atom stereocenters. The molecule has 28 heavy (non-hydrogen) atoms. The Morgan fingerprint density at radius 2 is 1.89 bits per heavy atom. The highest BCUT2D eigenvalue weighted by Crippen LogP contribution is 2.25. The lowest BCUT2D eigenvalue weighted by Crippen LogP contribution is -2.49. The van der Waals surface area contributed by atoms with Crippen molar-refractivity contribution in [2.75, 3.05) is 31.3 Å². The summed E-state index contributed by atoms with van der Waals surface area (Å²) in [4.78, 5) is 27.1. The molecule has 0 aromatic heterocycles. The number of carbonyl (C=O) groups excluding carboxylic acids is 2. The quantitative estimate of drug-likeness (QED) is 0.768. The van der Waals surface area contributed by atoms with Crippen molar-refractivity contribution in [1.82, 2.24) is 10.2 Å². The summed E-state index contributed by atoms with van der Waals surface area (Å²) in [5.74, 6) is -0.685. The van der Waals surface area contributed by atoms with E-state index in [4.69, 9.17) is 10.5 Å². The van der Waals surface area contributed by atoms with Gasteiger partial charge in [0.05, 0.1) is 12.3 Å². The first kappa shape index (κ1) is 18.9. The summed E-state index contributed by atoms with van der Waals surface area (Å²) < 4.78 is 5.48. The third kappa shape index (κ3) is 4.02. The maximum absolute atomic E-state index is 12.7. The van der Waals surface area contributed by atoms with Crippen molar-refractivity contribution >= 4 is 23.2 Å². The van der Waals surface area contributed by atoms with Crippen LogP contribution in [0.4, 0.5) is 5.69 Å². The highest BCUT2D eigenvalue weighted by atomic mass is 16.5. The van der Waals surface area contributed by atoms with Crippen LogP contribution in [0.2, 0.25) is 0 Å². The molecule has 0 radical (unpaired) electrons. The number of nitrogens with zero attached hydrogens (tertiary/aromatic N) is 3.